The molecule has 0 bridgehead atoms. The molecule has 3 rings (SSSR count). The van der Waals surface area contributed by atoms with Crippen LogP contribution in [0.3, 0.4) is 0 Å². The molecule has 1 aromatic carbocycles. The van der Waals surface area contributed by atoms with Crippen LogP contribution in [-0.4, -0.2) is 61.2 Å². The molecule has 160 valence electrons. The fourth-order valence-electron chi connectivity index (χ4n) is 3.30. The average molecular weight is 447 g/mol. The number of nitrogens with two attached hydrogens (primary N) is 1. The minimum Gasteiger partial charge on any atom is -0.355 e. The molecule has 2 N–H and O–H groups in total. The van der Waals surface area contributed by atoms with Gasteiger partial charge in [-0.05, 0) is 43.7 Å². The number of carbonyl (C=O) groups excluding carboxylic acids is 1. The van der Waals surface area contributed by atoms with Gasteiger partial charge in [0, 0.05) is 32.1 Å². The number of hydrogen-bond acceptors (Lipinski definition) is 7. The van der Waals surface area contributed by atoms with Crippen LogP contribution in [0, 0.1) is 5.41 Å². The third kappa shape index (κ3) is 4.77. The van der Waals surface area contributed by atoms with E-state index in [4.69, 9.17) is 17.3 Å². The molecular formula is C21H27ClN6OS. The number of anilines is 1. The Morgan fingerprint density at radius 2 is 2.03 bits per heavy atom. The third-order valence-electron chi connectivity index (χ3n) is 5.49. The predicted molar refractivity (Wildman–Crippen MR) is 123 cm³/mol. The van der Waals surface area contributed by atoms with Gasteiger partial charge < -0.3 is 15.5 Å². The molecule has 7 nitrogen and oxygen atoms in total. The van der Waals surface area contributed by atoms with Gasteiger partial charge in [0.05, 0.1) is 28.7 Å². The number of piperidine rings is 1. The molecule has 1 amide bonds. The molecule has 0 spiro atoms. The fourth-order valence-corrected chi connectivity index (χ4v) is 4.42. The summed E-state index contributed by atoms with van der Waals surface area (Å²) in [4.78, 5) is 30.0. The van der Waals surface area contributed by atoms with Crippen LogP contribution in [0.15, 0.2) is 39.4 Å². The minimum atomic E-state index is -0.221. The minimum absolute atomic E-state index is 0.213. The summed E-state index contributed by atoms with van der Waals surface area (Å²) in [6.07, 6.45) is 5.61. The molecule has 1 aromatic heterocycles. The monoisotopic (exact) mass is 446 g/mol. The van der Waals surface area contributed by atoms with Gasteiger partial charge in [-0.1, -0.05) is 30.3 Å². The molecule has 1 fully saturated rings. The van der Waals surface area contributed by atoms with E-state index in [1.165, 1.54) is 16.7 Å². The van der Waals surface area contributed by atoms with Gasteiger partial charge in [-0.3, -0.25) is 9.79 Å². The first-order chi connectivity index (χ1) is 14.3. The van der Waals surface area contributed by atoms with E-state index in [1.807, 2.05) is 6.07 Å². The summed E-state index contributed by atoms with van der Waals surface area (Å²) in [6, 6.07) is 3.55. The predicted octanol–water partition coefficient (Wildman–Crippen LogP) is 3.88. The summed E-state index contributed by atoms with van der Waals surface area (Å²) < 4.78 is 0. The maximum Gasteiger partial charge on any atom is 0.257 e. The zero-order valence-electron chi connectivity index (χ0n) is 17.6. The number of nitrogens with zero attached hydrogens (tertiary/aromatic N) is 5. The lowest BCUT2D eigenvalue weighted by atomic mass is 9.80. The lowest BCUT2D eigenvalue weighted by molar-refractivity contribution is 0.0828. The molecule has 30 heavy (non-hydrogen) atoms. The van der Waals surface area contributed by atoms with E-state index in [0.29, 0.717) is 32.7 Å². The molecule has 1 saturated heterocycles. The topological polar surface area (TPSA) is 87.7 Å². The Morgan fingerprint density at radius 3 is 2.57 bits per heavy atom. The van der Waals surface area contributed by atoms with Crippen molar-refractivity contribution in [2.24, 2.45) is 16.1 Å². The summed E-state index contributed by atoms with van der Waals surface area (Å²) >= 11 is 7.91. The highest BCUT2D eigenvalue weighted by Crippen LogP contribution is 2.39. The quantitative estimate of drug-likeness (QED) is 0.677. The zero-order valence-corrected chi connectivity index (χ0v) is 19.1. The SMILES string of the molecule is C=Nc1ccc(Sc2cnc(N3CCC(C)(CN)CC3)cn2)c(Cl)c1C(=O)N(C)C. The number of rotatable bonds is 6. The first-order valence-corrected chi connectivity index (χ1v) is 10.9. The Bertz CT molecular complexity index is 926. The summed E-state index contributed by atoms with van der Waals surface area (Å²) in [5.41, 5.74) is 6.90. The molecule has 1 aliphatic rings. The van der Waals surface area contributed by atoms with Crippen molar-refractivity contribution in [3.8, 4) is 0 Å². The second-order valence-corrected chi connectivity index (χ2v) is 9.39. The Labute approximate surface area is 186 Å². The lowest BCUT2D eigenvalue weighted by Crippen LogP contribution is -2.42. The van der Waals surface area contributed by atoms with Crippen molar-refractivity contribution >= 4 is 47.5 Å². The number of aromatic nitrogens is 2. The molecule has 0 unspecified atom stereocenters. The largest absolute Gasteiger partial charge is 0.355 e. The molecule has 9 heteroatoms. The van der Waals surface area contributed by atoms with Gasteiger partial charge in [0.1, 0.15) is 10.8 Å². The third-order valence-corrected chi connectivity index (χ3v) is 6.98. The van der Waals surface area contributed by atoms with E-state index in [9.17, 15) is 4.79 Å². The van der Waals surface area contributed by atoms with E-state index in [0.717, 1.165) is 31.7 Å². The van der Waals surface area contributed by atoms with Crippen molar-refractivity contribution in [2.45, 2.75) is 29.7 Å². The second kappa shape index (κ2) is 9.32. The summed E-state index contributed by atoms with van der Waals surface area (Å²) in [7, 11) is 3.35. The first-order valence-electron chi connectivity index (χ1n) is 9.74. The van der Waals surface area contributed by atoms with E-state index >= 15 is 0 Å². The first kappa shape index (κ1) is 22.5. The van der Waals surface area contributed by atoms with Crippen LogP contribution < -0.4 is 10.6 Å². The number of carbonyl (C=O) groups is 1. The van der Waals surface area contributed by atoms with E-state index in [1.54, 1.807) is 32.6 Å². The maximum absolute atomic E-state index is 12.5. The van der Waals surface area contributed by atoms with Crippen LogP contribution >= 0.6 is 23.4 Å². The smallest absolute Gasteiger partial charge is 0.257 e. The normalized spacial score (nSPS) is 15.7. The van der Waals surface area contributed by atoms with Crippen LogP contribution in [0.2, 0.25) is 5.02 Å². The number of benzene rings is 1. The van der Waals surface area contributed by atoms with Crippen LogP contribution in [0.25, 0.3) is 0 Å². The van der Waals surface area contributed by atoms with Gasteiger partial charge in [0.2, 0.25) is 0 Å². The van der Waals surface area contributed by atoms with E-state index in [2.05, 4.69) is 33.5 Å². The van der Waals surface area contributed by atoms with E-state index in [-0.39, 0.29) is 11.3 Å². The second-order valence-electron chi connectivity index (χ2n) is 7.95. The van der Waals surface area contributed by atoms with Crippen LogP contribution in [0.5, 0.6) is 0 Å². The maximum atomic E-state index is 12.5. The van der Waals surface area contributed by atoms with Crippen LogP contribution in [0.1, 0.15) is 30.1 Å². The molecule has 0 saturated carbocycles. The van der Waals surface area contributed by atoms with Crippen molar-refractivity contribution in [3.63, 3.8) is 0 Å². The van der Waals surface area contributed by atoms with Gasteiger partial charge in [-0.15, -0.1) is 0 Å². The highest BCUT2D eigenvalue weighted by molar-refractivity contribution is 7.99. The summed E-state index contributed by atoms with van der Waals surface area (Å²) in [5.74, 6) is 0.639. The number of halogens is 1. The molecule has 1 aliphatic heterocycles. The van der Waals surface area contributed by atoms with Crippen molar-refractivity contribution in [1.82, 2.24) is 14.9 Å². The van der Waals surface area contributed by atoms with E-state index < -0.39 is 0 Å². The zero-order chi connectivity index (χ0) is 21.9. The fraction of sp³-hybridized carbons (Fsp3) is 0.429. The van der Waals surface area contributed by atoms with Crippen molar-refractivity contribution < 1.29 is 4.79 Å². The Hall–Kier alpha value is -2.16. The Balaban J connectivity index is 1.77. The van der Waals surface area contributed by atoms with Crippen molar-refractivity contribution in [3.05, 3.63) is 35.1 Å². The standard InChI is InChI=1S/C21H27ClN6OS/c1-21(13-23)7-9-28(10-8-21)16-11-26-17(12-25-16)30-15-6-5-14(24-2)18(19(15)22)20(29)27(3)4/h5-6,11-12H,2,7-10,13,23H2,1,3-4H3. The van der Waals surface area contributed by atoms with Gasteiger partial charge >= 0.3 is 0 Å². The van der Waals surface area contributed by atoms with Gasteiger partial charge in [0.15, 0.2) is 0 Å². The number of aliphatic imine (C=N–C) groups is 1. The molecule has 2 aromatic rings. The highest BCUT2D eigenvalue weighted by Gasteiger charge is 2.29. The van der Waals surface area contributed by atoms with Crippen LogP contribution in [0.4, 0.5) is 11.5 Å². The average Bonchev–Trinajstić information content (AvgIpc) is 2.75. The number of hydrogen-bond donors (Lipinski definition) is 1. The van der Waals surface area contributed by atoms with Crippen LogP contribution in [-0.2, 0) is 0 Å². The Kier molecular flexibility index (Phi) is 7.00. The lowest BCUT2D eigenvalue weighted by Gasteiger charge is -2.39. The number of amides is 1. The molecule has 2 heterocycles. The van der Waals surface area contributed by atoms with Crippen molar-refractivity contribution in [2.75, 3.05) is 38.6 Å². The highest BCUT2D eigenvalue weighted by atomic mass is 35.5. The molecular weight excluding hydrogens is 420 g/mol. The summed E-state index contributed by atoms with van der Waals surface area (Å²) in [5, 5.41) is 1.04. The molecule has 0 aliphatic carbocycles. The van der Waals surface area contributed by atoms with Crippen molar-refractivity contribution in [1.29, 1.82) is 0 Å². The van der Waals surface area contributed by atoms with Gasteiger partial charge in [-0.2, -0.15) is 0 Å². The van der Waals surface area contributed by atoms with Gasteiger partial charge in [0.25, 0.3) is 5.91 Å². The Morgan fingerprint density at radius 1 is 1.33 bits per heavy atom. The molecule has 0 atom stereocenters. The molecule has 0 radical (unpaired) electrons. The van der Waals surface area contributed by atoms with Gasteiger partial charge in [-0.25, -0.2) is 9.97 Å². The summed E-state index contributed by atoms with van der Waals surface area (Å²) in [6.45, 7) is 8.33.